The number of carbonyl (C=O) groups is 2. The van der Waals surface area contributed by atoms with Crippen LogP contribution < -0.4 is 5.32 Å². The van der Waals surface area contributed by atoms with Gasteiger partial charge in [0.15, 0.2) is 5.78 Å². The van der Waals surface area contributed by atoms with Crippen molar-refractivity contribution < 1.29 is 19.8 Å². The third kappa shape index (κ3) is 6.06. The van der Waals surface area contributed by atoms with Crippen LogP contribution in [0.25, 0.3) is 0 Å². The predicted octanol–water partition coefficient (Wildman–Crippen LogP) is 1.64. The topological polar surface area (TPSA) is 86.6 Å². The highest BCUT2D eigenvalue weighted by Crippen LogP contribution is 2.10. The third-order valence-electron chi connectivity index (χ3n) is 3.20. The summed E-state index contributed by atoms with van der Waals surface area (Å²) in [6.07, 6.45) is 2.22. The standard InChI is InChI=1S/C16H23NO4/c1-2-4-12-5-7-13(8-6-12)16(21)14(11-15(19)20)17-9-3-10-18/h5-8,14,17-18H,2-4,9-11H2,1H3,(H,19,20). The predicted molar refractivity (Wildman–Crippen MR) is 80.5 cm³/mol. The highest BCUT2D eigenvalue weighted by atomic mass is 16.4. The van der Waals surface area contributed by atoms with Crippen LogP contribution in [0, 0.1) is 0 Å². The molecule has 1 aromatic rings. The monoisotopic (exact) mass is 293 g/mol. The first kappa shape index (κ1) is 17.3. The summed E-state index contributed by atoms with van der Waals surface area (Å²) in [5.74, 6) is -1.24. The van der Waals surface area contributed by atoms with Crippen LogP contribution in [0.2, 0.25) is 0 Å². The van der Waals surface area contributed by atoms with Gasteiger partial charge in [-0.2, -0.15) is 0 Å². The van der Waals surface area contributed by atoms with E-state index >= 15 is 0 Å². The molecule has 3 N–H and O–H groups in total. The first-order valence-corrected chi connectivity index (χ1v) is 7.27. The number of aliphatic hydroxyl groups excluding tert-OH is 1. The molecule has 5 nitrogen and oxygen atoms in total. The number of hydrogen-bond donors (Lipinski definition) is 3. The highest BCUT2D eigenvalue weighted by Gasteiger charge is 2.22. The van der Waals surface area contributed by atoms with E-state index in [0.29, 0.717) is 18.5 Å². The van der Waals surface area contributed by atoms with Crippen molar-refractivity contribution in [3.8, 4) is 0 Å². The number of carbonyl (C=O) groups excluding carboxylic acids is 1. The van der Waals surface area contributed by atoms with Gasteiger partial charge in [0.1, 0.15) is 0 Å². The molecule has 0 aliphatic heterocycles. The SMILES string of the molecule is CCCc1ccc(C(=O)C(CC(=O)O)NCCCO)cc1. The second-order valence-corrected chi connectivity index (χ2v) is 4.99. The molecule has 0 saturated heterocycles. The van der Waals surface area contributed by atoms with Gasteiger partial charge >= 0.3 is 5.97 Å². The zero-order valence-electron chi connectivity index (χ0n) is 12.3. The molecule has 1 rings (SSSR count). The zero-order chi connectivity index (χ0) is 15.7. The maximum absolute atomic E-state index is 12.4. The van der Waals surface area contributed by atoms with Crippen molar-refractivity contribution in [2.75, 3.05) is 13.2 Å². The Bertz CT molecular complexity index is 456. The molecule has 0 saturated carbocycles. The molecule has 5 heteroatoms. The normalized spacial score (nSPS) is 12.1. The third-order valence-corrected chi connectivity index (χ3v) is 3.20. The number of Topliss-reactive ketones (excluding diaryl/α,β-unsaturated/α-hetero) is 1. The average molecular weight is 293 g/mol. The lowest BCUT2D eigenvalue weighted by atomic mass is 9.99. The lowest BCUT2D eigenvalue weighted by Crippen LogP contribution is -2.39. The smallest absolute Gasteiger partial charge is 0.305 e. The Balaban J connectivity index is 2.75. The van der Waals surface area contributed by atoms with E-state index in [2.05, 4.69) is 12.2 Å². The van der Waals surface area contributed by atoms with Gasteiger partial charge in [0.25, 0.3) is 0 Å². The van der Waals surface area contributed by atoms with E-state index in [-0.39, 0.29) is 18.8 Å². The molecule has 0 aromatic heterocycles. The second-order valence-electron chi connectivity index (χ2n) is 4.99. The Morgan fingerprint density at radius 2 is 1.90 bits per heavy atom. The molecule has 1 unspecified atom stereocenters. The van der Waals surface area contributed by atoms with Gasteiger partial charge in [0, 0.05) is 12.2 Å². The fourth-order valence-corrected chi connectivity index (χ4v) is 2.11. The highest BCUT2D eigenvalue weighted by molar-refractivity contribution is 6.01. The van der Waals surface area contributed by atoms with Crippen molar-refractivity contribution in [3.63, 3.8) is 0 Å². The quantitative estimate of drug-likeness (QED) is 0.451. The zero-order valence-corrected chi connectivity index (χ0v) is 12.3. The number of benzene rings is 1. The van der Waals surface area contributed by atoms with Gasteiger partial charge < -0.3 is 15.5 Å². The molecule has 0 heterocycles. The number of carboxylic acid groups (broad SMARTS) is 1. The summed E-state index contributed by atoms with van der Waals surface area (Å²) >= 11 is 0. The number of nitrogens with one attached hydrogen (secondary N) is 1. The molecule has 0 aliphatic carbocycles. The molecule has 0 bridgehead atoms. The van der Waals surface area contributed by atoms with E-state index in [9.17, 15) is 9.59 Å². The van der Waals surface area contributed by atoms with Crippen LogP contribution in [0.1, 0.15) is 42.1 Å². The fourth-order valence-electron chi connectivity index (χ4n) is 2.11. The summed E-state index contributed by atoms with van der Waals surface area (Å²) in [6.45, 7) is 2.51. The Kier molecular flexibility index (Phi) is 7.64. The molecule has 0 aliphatic rings. The van der Waals surface area contributed by atoms with Gasteiger partial charge in [0.05, 0.1) is 12.5 Å². The number of aryl methyl sites for hydroxylation is 1. The summed E-state index contributed by atoms with van der Waals surface area (Å²) in [6, 6.07) is 6.54. The molecule has 0 fully saturated rings. The van der Waals surface area contributed by atoms with Crippen molar-refractivity contribution in [1.29, 1.82) is 0 Å². The summed E-state index contributed by atoms with van der Waals surface area (Å²) in [4.78, 5) is 23.2. The number of carboxylic acids is 1. The van der Waals surface area contributed by atoms with E-state index < -0.39 is 12.0 Å². The van der Waals surface area contributed by atoms with Crippen LogP contribution in [0.3, 0.4) is 0 Å². The number of rotatable bonds is 10. The first-order valence-electron chi connectivity index (χ1n) is 7.27. The molecular weight excluding hydrogens is 270 g/mol. The minimum Gasteiger partial charge on any atom is -0.481 e. The van der Waals surface area contributed by atoms with Crippen LogP contribution in [0.5, 0.6) is 0 Å². The van der Waals surface area contributed by atoms with Crippen LogP contribution in [0.4, 0.5) is 0 Å². The Morgan fingerprint density at radius 1 is 1.24 bits per heavy atom. The van der Waals surface area contributed by atoms with Crippen molar-refractivity contribution in [3.05, 3.63) is 35.4 Å². The average Bonchev–Trinajstić information content (AvgIpc) is 2.46. The van der Waals surface area contributed by atoms with E-state index in [1.165, 1.54) is 0 Å². The Hall–Kier alpha value is -1.72. The maximum Gasteiger partial charge on any atom is 0.305 e. The van der Waals surface area contributed by atoms with E-state index in [1.54, 1.807) is 12.1 Å². The van der Waals surface area contributed by atoms with Gasteiger partial charge in [-0.3, -0.25) is 9.59 Å². The fraction of sp³-hybridized carbons (Fsp3) is 0.500. The summed E-state index contributed by atoms with van der Waals surface area (Å²) in [7, 11) is 0. The summed E-state index contributed by atoms with van der Waals surface area (Å²) < 4.78 is 0. The van der Waals surface area contributed by atoms with Crippen molar-refractivity contribution in [2.45, 2.75) is 38.6 Å². The molecule has 1 atom stereocenters. The van der Waals surface area contributed by atoms with E-state index in [0.717, 1.165) is 18.4 Å². The molecule has 0 amide bonds. The van der Waals surface area contributed by atoms with Crippen LogP contribution in [0.15, 0.2) is 24.3 Å². The second kappa shape index (κ2) is 9.26. The number of aliphatic carboxylic acids is 1. The van der Waals surface area contributed by atoms with E-state index in [4.69, 9.17) is 10.2 Å². The largest absolute Gasteiger partial charge is 0.481 e. The van der Waals surface area contributed by atoms with Crippen molar-refractivity contribution in [2.24, 2.45) is 0 Å². The van der Waals surface area contributed by atoms with Crippen LogP contribution >= 0.6 is 0 Å². The Labute approximate surface area is 125 Å². The first-order chi connectivity index (χ1) is 10.1. The van der Waals surface area contributed by atoms with Crippen molar-refractivity contribution in [1.82, 2.24) is 5.32 Å². The summed E-state index contributed by atoms with van der Waals surface area (Å²) in [5.41, 5.74) is 1.68. The minimum absolute atomic E-state index is 0.00664. The molecule has 116 valence electrons. The number of ketones is 1. The lowest BCUT2D eigenvalue weighted by molar-refractivity contribution is -0.137. The molecule has 0 radical (unpaired) electrons. The van der Waals surface area contributed by atoms with Crippen molar-refractivity contribution >= 4 is 11.8 Å². The van der Waals surface area contributed by atoms with Gasteiger partial charge in [-0.05, 0) is 24.9 Å². The van der Waals surface area contributed by atoms with Crippen LogP contribution in [-0.4, -0.2) is 41.2 Å². The van der Waals surface area contributed by atoms with Gasteiger partial charge in [-0.15, -0.1) is 0 Å². The molecular formula is C16H23NO4. The number of hydrogen-bond acceptors (Lipinski definition) is 4. The van der Waals surface area contributed by atoms with E-state index in [1.807, 2.05) is 12.1 Å². The minimum atomic E-state index is -1.02. The van der Waals surface area contributed by atoms with Gasteiger partial charge in [0.2, 0.25) is 0 Å². The molecule has 1 aromatic carbocycles. The maximum atomic E-state index is 12.4. The number of aliphatic hydroxyl groups is 1. The molecule has 0 spiro atoms. The van der Waals surface area contributed by atoms with Crippen LogP contribution in [-0.2, 0) is 11.2 Å². The lowest BCUT2D eigenvalue weighted by Gasteiger charge is -2.15. The van der Waals surface area contributed by atoms with Gasteiger partial charge in [-0.25, -0.2) is 0 Å². The van der Waals surface area contributed by atoms with Gasteiger partial charge in [-0.1, -0.05) is 37.6 Å². The Morgan fingerprint density at radius 3 is 2.43 bits per heavy atom. The summed E-state index contributed by atoms with van der Waals surface area (Å²) in [5, 5.41) is 20.6. The molecule has 21 heavy (non-hydrogen) atoms.